The summed E-state index contributed by atoms with van der Waals surface area (Å²) in [6.07, 6.45) is 3.64. The van der Waals surface area contributed by atoms with Gasteiger partial charge >= 0.3 is 0 Å². The molecular formula is C11H15NO. The second kappa shape index (κ2) is 4.75. The molecule has 1 rings (SSSR count). The molecule has 70 valence electrons. The number of Topliss-reactive ketones (excluding diaryl/α,β-unsaturated/α-hetero) is 1. The van der Waals surface area contributed by atoms with Gasteiger partial charge in [-0.3, -0.25) is 9.78 Å². The van der Waals surface area contributed by atoms with Crippen molar-refractivity contribution in [2.75, 3.05) is 0 Å². The van der Waals surface area contributed by atoms with Crippen LogP contribution in [0.2, 0.25) is 0 Å². The Labute approximate surface area is 79.0 Å². The van der Waals surface area contributed by atoms with Gasteiger partial charge in [0.05, 0.1) is 0 Å². The van der Waals surface area contributed by atoms with Crippen molar-refractivity contribution in [3.05, 3.63) is 30.1 Å². The quantitative estimate of drug-likeness (QED) is 0.662. The van der Waals surface area contributed by atoms with E-state index in [1.165, 1.54) is 0 Å². The van der Waals surface area contributed by atoms with Gasteiger partial charge in [-0.2, -0.15) is 0 Å². The van der Waals surface area contributed by atoms with E-state index in [0.717, 1.165) is 12.8 Å². The summed E-state index contributed by atoms with van der Waals surface area (Å²) >= 11 is 0. The third-order valence-corrected chi connectivity index (χ3v) is 2.09. The molecule has 2 nitrogen and oxygen atoms in total. The predicted molar refractivity (Wildman–Crippen MR) is 52.6 cm³/mol. The van der Waals surface area contributed by atoms with E-state index in [1.54, 1.807) is 12.3 Å². The lowest BCUT2D eigenvalue weighted by Crippen LogP contribution is -2.12. The highest BCUT2D eigenvalue weighted by atomic mass is 16.1. The van der Waals surface area contributed by atoms with Gasteiger partial charge in [0.15, 0.2) is 5.78 Å². The van der Waals surface area contributed by atoms with E-state index in [4.69, 9.17) is 0 Å². The summed E-state index contributed by atoms with van der Waals surface area (Å²) in [6, 6.07) is 5.44. The molecule has 1 aromatic heterocycles. The number of hydrogen-bond acceptors (Lipinski definition) is 2. The molecule has 0 bridgehead atoms. The van der Waals surface area contributed by atoms with Crippen molar-refractivity contribution in [2.24, 2.45) is 5.92 Å². The van der Waals surface area contributed by atoms with Gasteiger partial charge in [0.1, 0.15) is 5.69 Å². The number of pyridine rings is 1. The predicted octanol–water partition coefficient (Wildman–Crippen LogP) is 2.70. The summed E-state index contributed by atoms with van der Waals surface area (Å²) in [4.78, 5) is 15.7. The van der Waals surface area contributed by atoms with Gasteiger partial charge < -0.3 is 0 Å². The summed E-state index contributed by atoms with van der Waals surface area (Å²) in [5, 5.41) is 0. The Morgan fingerprint density at radius 1 is 1.54 bits per heavy atom. The zero-order valence-electron chi connectivity index (χ0n) is 8.16. The Morgan fingerprint density at radius 3 is 2.85 bits per heavy atom. The second-order valence-corrected chi connectivity index (χ2v) is 3.27. The van der Waals surface area contributed by atoms with Gasteiger partial charge in [0, 0.05) is 12.1 Å². The van der Waals surface area contributed by atoms with Crippen LogP contribution >= 0.6 is 0 Å². The number of hydrogen-bond donors (Lipinski definition) is 0. The number of aromatic nitrogens is 1. The minimum atomic E-state index is 0.0971. The third-order valence-electron chi connectivity index (χ3n) is 2.09. The highest BCUT2D eigenvalue weighted by Crippen LogP contribution is 2.11. The number of rotatable bonds is 4. The SMILES string of the molecule is CCC[C@@H](C)C(=O)c1ccccn1. The van der Waals surface area contributed by atoms with Crippen LogP contribution in [0, 0.1) is 5.92 Å². The first-order valence-electron chi connectivity index (χ1n) is 4.71. The lowest BCUT2D eigenvalue weighted by Gasteiger charge is -2.07. The fraction of sp³-hybridized carbons (Fsp3) is 0.455. The number of nitrogens with zero attached hydrogens (tertiary/aromatic N) is 1. The Kier molecular flexibility index (Phi) is 3.62. The molecule has 0 N–H and O–H groups in total. The smallest absolute Gasteiger partial charge is 0.183 e. The molecule has 1 aromatic rings. The second-order valence-electron chi connectivity index (χ2n) is 3.27. The van der Waals surface area contributed by atoms with Gasteiger partial charge in [-0.05, 0) is 18.6 Å². The Balaban J connectivity index is 2.68. The minimum absolute atomic E-state index is 0.0971. The average Bonchev–Trinajstić information content (AvgIpc) is 2.18. The van der Waals surface area contributed by atoms with Crippen molar-refractivity contribution in [1.29, 1.82) is 0 Å². The average molecular weight is 177 g/mol. The molecular weight excluding hydrogens is 162 g/mol. The number of carbonyl (C=O) groups is 1. The molecule has 2 heteroatoms. The first kappa shape index (κ1) is 9.90. The molecule has 13 heavy (non-hydrogen) atoms. The molecule has 0 radical (unpaired) electrons. The molecule has 1 atom stereocenters. The van der Waals surface area contributed by atoms with Crippen LogP contribution in [0.5, 0.6) is 0 Å². The minimum Gasteiger partial charge on any atom is -0.292 e. The summed E-state index contributed by atoms with van der Waals surface area (Å²) in [5.41, 5.74) is 0.587. The highest BCUT2D eigenvalue weighted by Gasteiger charge is 2.14. The van der Waals surface area contributed by atoms with E-state index in [9.17, 15) is 4.79 Å². The summed E-state index contributed by atoms with van der Waals surface area (Å²) in [5.74, 6) is 0.252. The Hall–Kier alpha value is -1.18. The van der Waals surface area contributed by atoms with Crippen LogP contribution in [0.15, 0.2) is 24.4 Å². The van der Waals surface area contributed by atoms with E-state index in [1.807, 2.05) is 19.1 Å². The van der Waals surface area contributed by atoms with Crippen LogP contribution in [0.1, 0.15) is 37.2 Å². The Bertz CT molecular complexity index is 269. The van der Waals surface area contributed by atoms with Gasteiger partial charge in [-0.1, -0.05) is 26.3 Å². The van der Waals surface area contributed by atoms with Crippen LogP contribution in [0.25, 0.3) is 0 Å². The summed E-state index contributed by atoms with van der Waals surface area (Å²) in [6.45, 7) is 4.04. The van der Waals surface area contributed by atoms with E-state index in [0.29, 0.717) is 5.69 Å². The first-order chi connectivity index (χ1) is 6.25. The van der Waals surface area contributed by atoms with Crippen molar-refractivity contribution in [3.63, 3.8) is 0 Å². The fourth-order valence-electron chi connectivity index (χ4n) is 1.33. The number of carbonyl (C=O) groups excluding carboxylic acids is 1. The van der Waals surface area contributed by atoms with Crippen molar-refractivity contribution in [1.82, 2.24) is 4.98 Å². The maximum Gasteiger partial charge on any atom is 0.183 e. The maximum atomic E-state index is 11.7. The number of ketones is 1. The topological polar surface area (TPSA) is 30.0 Å². The normalized spacial score (nSPS) is 12.5. The molecule has 0 amide bonds. The lowest BCUT2D eigenvalue weighted by molar-refractivity contribution is 0.0918. The zero-order chi connectivity index (χ0) is 9.68. The van der Waals surface area contributed by atoms with Crippen LogP contribution in [0.3, 0.4) is 0 Å². The maximum absolute atomic E-state index is 11.7. The monoisotopic (exact) mass is 177 g/mol. The summed E-state index contributed by atoms with van der Waals surface area (Å²) < 4.78 is 0. The standard InChI is InChI=1S/C11H15NO/c1-3-6-9(2)11(13)10-7-4-5-8-12-10/h4-5,7-9H,3,6H2,1-2H3/t9-/m1/s1. The van der Waals surface area contributed by atoms with Gasteiger partial charge in [-0.25, -0.2) is 0 Å². The molecule has 0 unspecified atom stereocenters. The Morgan fingerprint density at radius 2 is 2.31 bits per heavy atom. The summed E-state index contributed by atoms with van der Waals surface area (Å²) in [7, 11) is 0. The van der Waals surface area contributed by atoms with Crippen molar-refractivity contribution in [3.8, 4) is 0 Å². The van der Waals surface area contributed by atoms with E-state index in [-0.39, 0.29) is 11.7 Å². The molecule has 1 heterocycles. The van der Waals surface area contributed by atoms with Crippen LogP contribution in [0.4, 0.5) is 0 Å². The van der Waals surface area contributed by atoms with Crippen LogP contribution in [-0.2, 0) is 0 Å². The third kappa shape index (κ3) is 2.65. The van der Waals surface area contributed by atoms with E-state index < -0.39 is 0 Å². The highest BCUT2D eigenvalue weighted by molar-refractivity contribution is 5.95. The van der Waals surface area contributed by atoms with Gasteiger partial charge in [0.25, 0.3) is 0 Å². The van der Waals surface area contributed by atoms with E-state index >= 15 is 0 Å². The van der Waals surface area contributed by atoms with E-state index in [2.05, 4.69) is 11.9 Å². The molecule has 0 saturated carbocycles. The largest absolute Gasteiger partial charge is 0.292 e. The van der Waals surface area contributed by atoms with Crippen LogP contribution < -0.4 is 0 Å². The van der Waals surface area contributed by atoms with Crippen molar-refractivity contribution < 1.29 is 4.79 Å². The van der Waals surface area contributed by atoms with Crippen molar-refractivity contribution in [2.45, 2.75) is 26.7 Å². The molecule has 0 aromatic carbocycles. The molecule has 0 aliphatic carbocycles. The molecule has 0 fully saturated rings. The lowest BCUT2D eigenvalue weighted by atomic mass is 9.98. The molecule has 0 aliphatic heterocycles. The van der Waals surface area contributed by atoms with Gasteiger partial charge in [-0.15, -0.1) is 0 Å². The fourth-order valence-corrected chi connectivity index (χ4v) is 1.33. The van der Waals surface area contributed by atoms with Crippen molar-refractivity contribution >= 4 is 5.78 Å². The molecule has 0 aliphatic rings. The first-order valence-corrected chi connectivity index (χ1v) is 4.71. The molecule has 0 spiro atoms. The van der Waals surface area contributed by atoms with Crippen LogP contribution in [-0.4, -0.2) is 10.8 Å². The van der Waals surface area contributed by atoms with Gasteiger partial charge in [0.2, 0.25) is 0 Å². The zero-order valence-corrected chi connectivity index (χ0v) is 8.16. The molecule has 0 saturated heterocycles.